The summed E-state index contributed by atoms with van der Waals surface area (Å²) in [5.74, 6) is 1.77. The molecule has 4 aromatic heterocycles. The van der Waals surface area contributed by atoms with Crippen LogP contribution in [0.25, 0.3) is 121 Å². The summed E-state index contributed by atoms with van der Waals surface area (Å²) in [6, 6.07) is 80.3. The van der Waals surface area contributed by atoms with Gasteiger partial charge in [-0.25, -0.2) is 4.98 Å². The first-order valence-electron chi connectivity index (χ1n) is 31.8. The van der Waals surface area contributed by atoms with Crippen LogP contribution < -0.4 is 9.64 Å². The van der Waals surface area contributed by atoms with Crippen molar-refractivity contribution in [2.75, 3.05) is 4.90 Å². The molecule has 0 atom stereocenters. The van der Waals surface area contributed by atoms with Gasteiger partial charge in [0.25, 0.3) is 0 Å². The number of benzene rings is 11. The predicted octanol–water partition coefficient (Wildman–Crippen LogP) is 21.3. The van der Waals surface area contributed by atoms with Gasteiger partial charge >= 0.3 is 0 Å². The third-order valence-electron chi connectivity index (χ3n) is 17.2. The summed E-state index contributed by atoms with van der Waals surface area (Å²) in [6.45, 7) is 15.2. The fourth-order valence-electron chi connectivity index (χ4n) is 13.1. The number of hydrogen-bond acceptors (Lipinski definition) is 3. The van der Waals surface area contributed by atoms with Crippen molar-refractivity contribution in [2.24, 2.45) is 0 Å². The number of ether oxygens (including phenoxy) is 1. The average Bonchev–Trinajstić information content (AvgIpc) is 1.56. The smallest absolute Gasteiger partial charge is 0.135 e. The van der Waals surface area contributed by atoms with E-state index in [2.05, 4.69) is 267 Å². The predicted molar refractivity (Wildman–Crippen MR) is 359 cm³/mol. The summed E-state index contributed by atoms with van der Waals surface area (Å²) >= 11 is 0. The molecular formula is C80H60N5OPt-3. The Hall–Kier alpha value is -9.87. The Balaban J connectivity index is 0.00000702. The van der Waals surface area contributed by atoms with Crippen molar-refractivity contribution in [3.63, 3.8) is 0 Å². The SMILES string of the molecule is [2H]c1c([2H])c([2H])c(-c2cc(-c3cccc4c5ccccc5c5ccccc5c5cccc6c5n(c34)[CH-]N6c3[c-]c(Oc4[c-]c5c(c(-n6c7ccccc7c7ccccc76)c4)c4ccccc4n5-c4cc(C(C)(C)C)ccn4)ccc3)cc(C(C)(C)C)c2)c([2H])c1[2H].[Pt]. The van der Waals surface area contributed by atoms with Crippen LogP contribution in [0, 0.1) is 18.8 Å². The molecule has 0 radical (unpaired) electrons. The second-order valence-electron chi connectivity index (χ2n) is 24.5. The van der Waals surface area contributed by atoms with E-state index in [1.54, 1.807) is 0 Å². The Morgan fingerprint density at radius 2 is 1.00 bits per heavy atom. The largest absolute Gasteiger partial charge is 0.509 e. The molecule has 16 rings (SSSR count). The quantitative estimate of drug-likeness (QED) is 0.149. The fourth-order valence-corrected chi connectivity index (χ4v) is 13.1. The molecule has 87 heavy (non-hydrogen) atoms. The van der Waals surface area contributed by atoms with Crippen LogP contribution in [0.5, 0.6) is 11.5 Å². The molecule has 0 unspecified atom stereocenters. The molecule has 0 fully saturated rings. The van der Waals surface area contributed by atoms with E-state index in [0.29, 0.717) is 17.1 Å². The van der Waals surface area contributed by atoms with Crippen molar-refractivity contribution in [3.8, 4) is 45.3 Å². The van der Waals surface area contributed by atoms with Gasteiger partial charge in [-0.05, 0) is 148 Å². The van der Waals surface area contributed by atoms with Crippen LogP contribution in [0.1, 0.15) is 59.5 Å². The monoisotopic (exact) mass is 1310 g/mol. The summed E-state index contributed by atoms with van der Waals surface area (Å²) in [7, 11) is 0. The van der Waals surface area contributed by atoms with Gasteiger partial charge in [0, 0.05) is 60.7 Å². The van der Waals surface area contributed by atoms with E-state index < -0.39 is 11.5 Å². The molecule has 0 spiro atoms. The molecule has 1 aliphatic rings. The minimum absolute atomic E-state index is 0. The van der Waals surface area contributed by atoms with E-state index in [0.717, 1.165) is 132 Å². The Kier molecular flexibility index (Phi) is 11.5. The van der Waals surface area contributed by atoms with Crippen molar-refractivity contribution in [1.29, 1.82) is 0 Å². The Morgan fingerprint density at radius 3 is 1.66 bits per heavy atom. The number of para-hydroxylation sites is 5. The zero-order chi connectivity index (χ0) is 62.4. The van der Waals surface area contributed by atoms with E-state index >= 15 is 0 Å². The summed E-state index contributed by atoms with van der Waals surface area (Å²) < 4.78 is 58.4. The van der Waals surface area contributed by atoms with E-state index in [4.69, 9.17) is 13.8 Å². The zero-order valence-electron chi connectivity index (χ0n) is 53.8. The third kappa shape index (κ3) is 8.87. The summed E-state index contributed by atoms with van der Waals surface area (Å²) in [6.07, 6.45) is 1.90. The van der Waals surface area contributed by atoms with Crippen LogP contribution in [0.3, 0.4) is 0 Å². The first-order valence-corrected chi connectivity index (χ1v) is 29.3. The molecule has 0 amide bonds. The van der Waals surface area contributed by atoms with Gasteiger partial charge in [0.1, 0.15) is 5.82 Å². The molecule has 0 N–H and O–H groups in total. The number of aromatic nitrogens is 4. The molecule has 0 aliphatic carbocycles. The molecular weight excluding hydrogens is 1240 g/mol. The second kappa shape index (κ2) is 20.7. The molecule has 1 aliphatic heterocycles. The van der Waals surface area contributed by atoms with Gasteiger partial charge in [-0.15, -0.1) is 30.3 Å². The van der Waals surface area contributed by atoms with E-state index in [9.17, 15) is 2.74 Å². The second-order valence-corrected chi connectivity index (χ2v) is 24.5. The van der Waals surface area contributed by atoms with Crippen LogP contribution >= 0.6 is 0 Å². The maximum Gasteiger partial charge on any atom is 0.135 e. The molecule has 15 aromatic rings. The van der Waals surface area contributed by atoms with Crippen molar-refractivity contribution < 1.29 is 32.7 Å². The summed E-state index contributed by atoms with van der Waals surface area (Å²) in [5, 5.41) is 10.7. The maximum absolute atomic E-state index is 9.18. The first-order chi connectivity index (χ1) is 44.0. The van der Waals surface area contributed by atoms with Gasteiger partial charge in [0.15, 0.2) is 0 Å². The van der Waals surface area contributed by atoms with Crippen molar-refractivity contribution in [2.45, 2.75) is 52.4 Å². The number of rotatable bonds is 7. The fraction of sp³-hybridized carbons (Fsp3) is 0.100. The first kappa shape index (κ1) is 48.4. The Bertz CT molecular complexity index is 5590. The van der Waals surface area contributed by atoms with Gasteiger partial charge in [-0.1, -0.05) is 234 Å². The Morgan fingerprint density at radius 1 is 0.448 bits per heavy atom. The molecule has 5 heterocycles. The molecule has 7 heteroatoms. The molecule has 6 nitrogen and oxygen atoms in total. The zero-order valence-corrected chi connectivity index (χ0v) is 51.1. The molecule has 0 saturated carbocycles. The molecule has 0 bridgehead atoms. The van der Waals surface area contributed by atoms with Crippen molar-refractivity contribution in [3.05, 3.63) is 279 Å². The van der Waals surface area contributed by atoms with Crippen LogP contribution in [0.4, 0.5) is 11.4 Å². The minimum atomic E-state index is -0.427. The van der Waals surface area contributed by atoms with Gasteiger partial charge < -0.3 is 23.3 Å². The Labute approximate surface area is 527 Å². The van der Waals surface area contributed by atoms with E-state index in [1.807, 2.05) is 30.5 Å². The van der Waals surface area contributed by atoms with E-state index in [-0.39, 0.29) is 56.2 Å². The normalized spacial score (nSPS) is 13.3. The standard InChI is InChI=1S/C80H60N5O.Pt/c1-79(2,3)54-41-42-81-75(46-54)85-71-39-19-16-33-68(71)76-73(84-69-37-17-14-31-64(69)65-32-15-18-38-70(65)84)48-58(49-74(76)85)86-57-26-20-25-56(47-57)82-50-83-77-59(53-43-52(51-23-8-7-9-24-51)44-55(45-53)80(4,5)6)34-21-35-66(77)62-29-12-10-27-60(62)61-28-11-13-30-63(61)67-36-22-40-72(82)78(67)83;/h7-46,48,50H,1-6H3;/q-3;/i7D,8D,9D,23D,24D;. The molecule has 424 valence electrons. The van der Waals surface area contributed by atoms with Gasteiger partial charge in [0.05, 0.1) is 17.9 Å². The number of hydrogen-bond donors (Lipinski definition) is 0. The van der Waals surface area contributed by atoms with Crippen LogP contribution in [0.15, 0.2) is 249 Å². The minimum Gasteiger partial charge on any atom is -0.509 e. The summed E-state index contributed by atoms with van der Waals surface area (Å²) in [5.41, 5.74) is 12.4. The topological polar surface area (TPSA) is 40.1 Å². The third-order valence-corrected chi connectivity index (χ3v) is 17.2. The average molecular weight is 1310 g/mol. The summed E-state index contributed by atoms with van der Waals surface area (Å²) in [4.78, 5) is 7.25. The number of anilines is 2. The van der Waals surface area contributed by atoms with Crippen LogP contribution in [-0.4, -0.2) is 18.7 Å². The van der Waals surface area contributed by atoms with Crippen molar-refractivity contribution in [1.82, 2.24) is 18.7 Å². The van der Waals surface area contributed by atoms with Gasteiger partial charge in [-0.2, -0.15) is 6.07 Å². The van der Waals surface area contributed by atoms with Crippen LogP contribution in [0.2, 0.25) is 0 Å². The van der Waals surface area contributed by atoms with Crippen LogP contribution in [-0.2, 0) is 31.9 Å². The molecule has 0 saturated heterocycles. The van der Waals surface area contributed by atoms with Gasteiger partial charge in [0.2, 0.25) is 0 Å². The molecule has 11 aromatic carbocycles. The van der Waals surface area contributed by atoms with E-state index in [1.165, 1.54) is 0 Å². The number of fused-ring (bicyclic) bond motifs is 13. The van der Waals surface area contributed by atoms with Gasteiger partial charge in [-0.3, -0.25) is 0 Å². The number of pyridine rings is 1. The maximum atomic E-state index is 9.18. The number of nitrogens with zero attached hydrogens (tertiary/aromatic N) is 5. The van der Waals surface area contributed by atoms with Crippen molar-refractivity contribution >= 4 is 98.3 Å².